The molecule has 1 aliphatic heterocycles. The van der Waals surface area contributed by atoms with E-state index in [0.29, 0.717) is 0 Å². The van der Waals surface area contributed by atoms with Crippen molar-refractivity contribution in [2.75, 3.05) is 38.2 Å². The van der Waals surface area contributed by atoms with E-state index in [-0.39, 0.29) is 0 Å². The average molecular weight is 374 g/mol. The van der Waals surface area contributed by atoms with Crippen molar-refractivity contribution in [1.29, 1.82) is 0 Å². The number of aromatic amines is 1. The number of rotatable bonds is 4. The number of fused-ring (bicyclic) bond motifs is 1. The number of benzene rings is 2. The van der Waals surface area contributed by atoms with Gasteiger partial charge in [-0.2, -0.15) is 0 Å². The molecule has 0 amide bonds. The first-order valence-corrected chi connectivity index (χ1v) is 9.52. The maximum absolute atomic E-state index is 6.16. The van der Waals surface area contributed by atoms with Gasteiger partial charge in [0.25, 0.3) is 0 Å². The third kappa shape index (κ3) is 3.45. The molecule has 1 fully saturated rings. The monoisotopic (exact) mass is 373 g/mol. The van der Waals surface area contributed by atoms with Gasteiger partial charge in [0.05, 0.1) is 12.8 Å². The zero-order chi connectivity index (χ0) is 17.2. The second-order valence-electron chi connectivity index (χ2n) is 6.02. The number of halogens is 1. The van der Waals surface area contributed by atoms with E-state index in [1.165, 1.54) is 9.79 Å². The van der Waals surface area contributed by atoms with E-state index in [2.05, 4.69) is 33.4 Å². The molecule has 25 heavy (non-hydrogen) atoms. The summed E-state index contributed by atoms with van der Waals surface area (Å²) in [5, 5.41) is 5.30. The number of hydrogen-bond donors (Lipinski definition) is 2. The van der Waals surface area contributed by atoms with Gasteiger partial charge in [0, 0.05) is 58.1 Å². The van der Waals surface area contributed by atoms with Gasteiger partial charge in [0.2, 0.25) is 0 Å². The number of hydrogen-bond acceptors (Lipinski definition) is 4. The summed E-state index contributed by atoms with van der Waals surface area (Å²) in [6, 6.07) is 12.3. The normalized spacial score (nSPS) is 14.9. The van der Waals surface area contributed by atoms with E-state index in [1.807, 2.05) is 24.4 Å². The first kappa shape index (κ1) is 16.6. The van der Waals surface area contributed by atoms with Crippen molar-refractivity contribution in [3.05, 3.63) is 47.6 Å². The number of aromatic nitrogens is 1. The van der Waals surface area contributed by atoms with Crippen molar-refractivity contribution in [1.82, 2.24) is 10.3 Å². The molecule has 6 heteroatoms. The first-order chi connectivity index (χ1) is 12.2. The Morgan fingerprint density at radius 1 is 1.12 bits per heavy atom. The van der Waals surface area contributed by atoms with Crippen molar-refractivity contribution in [2.24, 2.45) is 0 Å². The van der Waals surface area contributed by atoms with Gasteiger partial charge < -0.3 is 19.9 Å². The van der Waals surface area contributed by atoms with Crippen LogP contribution < -0.4 is 15.0 Å². The number of ether oxygens (including phenoxy) is 1. The van der Waals surface area contributed by atoms with Gasteiger partial charge in [0.1, 0.15) is 5.75 Å². The summed E-state index contributed by atoms with van der Waals surface area (Å²) in [7, 11) is 1.73. The molecule has 1 aromatic heterocycles. The molecule has 2 aromatic carbocycles. The Labute approximate surface area is 156 Å². The molecular formula is C19H20ClN3OS. The molecule has 0 unspecified atom stereocenters. The standard InChI is InChI=1S/C19H20ClN3OS/c1-24-18-5-3-14(11-17(18)23-8-6-21-7-9-23)25-19-12-22-16-4-2-13(20)10-15(16)19/h2-5,10-12,21-22H,6-9H2,1H3. The summed E-state index contributed by atoms with van der Waals surface area (Å²) in [6.07, 6.45) is 2.04. The minimum Gasteiger partial charge on any atom is -0.495 e. The number of H-pyrrole nitrogens is 1. The van der Waals surface area contributed by atoms with E-state index >= 15 is 0 Å². The third-order valence-corrected chi connectivity index (χ3v) is 5.72. The fraction of sp³-hybridized carbons (Fsp3) is 0.263. The van der Waals surface area contributed by atoms with Crippen LogP contribution in [0.2, 0.25) is 5.02 Å². The van der Waals surface area contributed by atoms with E-state index < -0.39 is 0 Å². The number of nitrogens with zero attached hydrogens (tertiary/aromatic N) is 1. The van der Waals surface area contributed by atoms with Crippen LogP contribution in [0.1, 0.15) is 0 Å². The highest BCUT2D eigenvalue weighted by molar-refractivity contribution is 7.99. The Kier molecular flexibility index (Phi) is 4.79. The number of nitrogens with one attached hydrogen (secondary N) is 2. The highest BCUT2D eigenvalue weighted by Gasteiger charge is 2.16. The van der Waals surface area contributed by atoms with Gasteiger partial charge in [-0.3, -0.25) is 0 Å². The summed E-state index contributed by atoms with van der Waals surface area (Å²) < 4.78 is 5.58. The molecule has 0 spiro atoms. The molecule has 1 aliphatic rings. The van der Waals surface area contributed by atoms with Crippen LogP contribution >= 0.6 is 23.4 Å². The highest BCUT2D eigenvalue weighted by Crippen LogP contribution is 2.39. The van der Waals surface area contributed by atoms with E-state index in [9.17, 15) is 0 Å². The predicted molar refractivity (Wildman–Crippen MR) is 106 cm³/mol. The van der Waals surface area contributed by atoms with E-state index in [4.69, 9.17) is 16.3 Å². The van der Waals surface area contributed by atoms with Crippen molar-refractivity contribution < 1.29 is 4.74 Å². The molecule has 130 valence electrons. The topological polar surface area (TPSA) is 40.3 Å². The Hall–Kier alpha value is -1.82. The Morgan fingerprint density at radius 3 is 2.76 bits per heavy atom. The van der Waals surface area contributed by atoms with Crippen LogP contribution in [0, 0.1) is 0 Å². The fourth-order valence-electron chi connectivity index (χ4n) is 3.16. The molecule has 4 nitrogen and oxygen atoms in total. The summed E-state index contributed by atoms with van der Waals surface area (Å²) in [5.41, 5.74) is 2.26. The first-order valence-electron chi connectivity index (χ1n) is 8.33. The number of methoxy groups -OCH3 is 1. The summed E-state index contributed by atoms with van der Waals surface area (Å²) >= 11 is 7.91. The Bertz CT molecular complexity index is 890. The summed E-state index contributed by atoms with van der Waals surface area (Å²) in [4.78, 5) is 8.06. The Morgan fingerprint density at radius 2 is 1.96 bits per heavy atom. The molecule has 0 saturated carbocycles. The van der Waals surface area contributed by atoms with Gasteiger partial charge >= 0.3 is 0 Å². The second kappa shape index (κ2) is 7.20. The quantitative estimate of drug-likeness (QED) is 0.711. The van der Waals surface area contributed by atoms with Gasteiger partial charge in [-0.05, 0) is 36.4 Å². The molecule has 4 rings (SSSR count). The maximum Gasteiger partial charge on any atom is 0.142 e. The van der Waals surface area contributed by atoms with Crippen LogP contribution in [0.15, 0.2) is 52.4 Å². The van der Waals surface area contributed by atoms with Gasteiger partial charge in [-0.25, -0.2) is 0 Å². The third-order valence-electron chi connectivity index (χ3n) is 4.44. The van der Waals surface area contributed by atoms with Crippen LogP contribution in [-0.4, -0.2) is 38.3 Å². The lowest BCUT2D eigenvalue weighted by atomic mass is 10.2. The van der Waals surface area contributed by atoms with Crippen LogP contribution in [0.25, 0.3) is 10.9 Å². The zero-order valence-electron chi connectivity index (χ0n) is 14.0. The lowest BCUT2D eigenvalue weighted by molar-refractivity contribution is 0.412. The molecular weight excluding hydrogens is 354 g/mol. The highest BCUT2D eigenvalue weighted by atomic mass is 35.5. The molecule has 0 bridgehead atoms. The van der Waals surface area contributed by atoms with Crippen LogP contribution in [0.5, 0.6) is 5.75 Å². The average Bonchev–Trinajstić information content (AvgIpc) is 3.04. The molecule has 1 saturated heterocycles. The smallest absolute Gasteiger partial charge is 0.142 e. The predicted octanol–water partition coefficient (Wildman–Crippen LogP) is 4.39. The minimum atomic E-state index is 0.755. The molecule has 3 aromatic rings. The van der Waals surface area contributed by atoms with Crippen molar-refractivity contribution in [2.45, 2.75) is 9.79 Å². The lowest BCUT2D eigenvalue weighted by Gasteiger charge is -2.30. The maximum atomic E-state index is 6.16. The second-order valence-corrected chi connectivity index (χ2v) is 7.57. The van der Waals surface area contributed by atoms with Crippen molar-refractivity contribution in [3.63, 3.8) is 0 Å². The van der Waals surface area contributed by atoms with Gasteiger partial charge in [-0.1, -0.05) is 23.4 Å². The molecule has 0 atom stereocenters. The summed E-state index contributed by atoms with van der Waals surface area (Å²) in [5.74, 6) is 0.924. The number of piperazine rings is 1. The van der Waals surface area contributed by atoms with Crippen LogP contribution in [0.4, 0.5) is 5.69 Å². The largest absolute Gasteiger partial charge is 0.495 e. The van der Waals surface area contributed by atoms with Gasteiger partial charge in [0.15, 0.2) is 0 Å². The molecule has 0 radical (unpaired) electrons. The van der Waals surface area contributed by atoms with Crippen LogP contribution in [0.3, 0.4) is 0 Å². The minimum absolute atomic E-state index is 0.755. The zero-order valence-corrected chi connectivity index (χ0v) is 15.6. The Balaban J connectivity index is 1.66. The molecule has 0 aliphatic carbocycles. The lowest BCUT2D eigenvalue weighted by Crippen LogP contribution is -2.43. The molecule has 2 heterocycles. The SMILES string of the molecule is COc1ccc(Sc2c[nH]c3ccc(Cl)cc23)cc1N1CCNCC1. The van der Waals surface area contributed by atoms with Crippen molar-refractivity contribution >= 4 is 40.0 Å². The molecule has 2 N–H and O–H groups in total. The summed E-state index contributed by atoms with van der Waals surface area (Å²) in [6.45, 7) is 3.99. The van der Waals surface area contributed by atoms with E-state index in [0.717, 1.165) is 53.5 Å². The van der Waals surface area contributed by atoms with Crippen molar-refractivity contribution in [3.8, 4) is 5.75 Å². The van der Waals surface area contributed by atoms with Gasteiger partial charge in [-0.15, -0.1) is 0 Å². The number of anilines is 1. The van der Waals surface area contributed by atoms with Crippen LogP contribution in [-0.2, 0) is 0 Å². The van der Waals surface area contributed by atoms with E-state index in [1.54, 1.807) is 18.9 Å². The fourth-order valence-corrected chi connectivity index (χ4v) is 4.29.